The monoisotopic (exact) mass is 411 g/mol. The molecule has 0 atom stereocenters. The average molecular weight is 412 g/mol. The lowest BCUT2D eigenvalue weighted by molar-refractivity contribution is -0.120. The van der Waals surface area contributed by atoms with Gasteiger partial charge in [-0.1, -0.05) is 30.3 Å². The number of carbonyl (C=O) groups excluding carboxylic acids is 2. The maximum absolute atomic E-state index is 11.9. The van der Waals surface area contributed by atoms with Gasteiger partial charge >= 0.3 is 0 Å². The summed E-state index contributed by atoms with van der Waals surface area (Å²) in [6.07, 6.45) is 0.502. The van der Waals surface area contributed by atoms with Crippen LogP contribution in [-0.2, 0) is 10.5 Å². The Morgan fingerprint density at radius 3 is 2.57 bits per heavy atom. The van der Waals surface area contributed by atoms with Crippen LogP contribution in [0.3, 0.4) is 0 Å². The molecule has 0 spiro atoms. The summed E-state index contributed by atoms with van der Waals surface area (Å²) in [5.74, 6) is 1.78. The number of thiophene rings is 1. The van der Waals surface area contributed by atoms with Crippen LogP contribution in [0, 0.1) is 0 Å². The molecule has 2 rings (SSSR count). The Hall–Kier alpha value is -1.11. The number of hydrogen-bond donors (Lipinski definition) is 1. The molecule has 1 aromatic carbocycles. The van der Waals surface area contributed by atoms with Crippen LogP contribution < -0.4 is 5.32 Å². The molecule has 0 radical (unpaired) electrons. The lowest BCUT2D eigenvalue weighted by Gasteiger charge is -2.05. The molecule has 0 unspecified atom stereocenters. The van der Waals surface area contributed by atoms with Gasteiger partial charge in [0, 0.05) is 41.3 Å². The van der Waals surface area contributed by atoms with Crippen LogP contribution in [0.25, 0.3) is 0 Å². The van der Waals surface area contributed by atoms with Crippen molar-refractivity contribution in [2.45, 2.75) is 18.6 Å². The molecular formula is C17H18BrNO2S2. The van der Waals surface area contributed by atoms with Crippen LogP contribution >= 0.6 is 39.0 Å². The first-order valence-electron chi connectivity index (χ1n) is 7.32. The van der Waals surface area contributed by atoms with Gasteiger partial charge in [-0.2, -0.15) is 11.8 Å². The zero-order chi connectivity index (χ0) is 16.5. The molecule has 0 bridgehead atoms. The molecule has 1 aromatic heterocycles. The first-order valence-corrected chi connectivity index (χ1v) is 10.1. The summed E-state index contributed by atoms with van der Waals surface area (Å²) in [4.78, 5) is 25.0. The zero-order valence-electron chi connectivity index (χ0n) is 12.6. The van der Waals surface area contributed by atoms with E-state index in [0.29, 0.717) is 12.1 Å². The molecule has 2 aromatic rings. The molecule has 0 fully saturated rings. The highest BCUT2D eigenvalue weighted by Crippen LogP contribution is 2.25. The predicted molar refractivity (Wildman–Crippen MR) is 101 cm³/mol. The van der Waals surface area contributed by atoms with Gasteiger partial charge in [0.2, 0.25) is 5.91 Å². The molecule has 122 valence electrons. The second kappa shape index (κ2) is 9.90. The molecular weight excluding hydrogens is 394 g/mol. The molecule has 0 aliphatic heterocycles. The summed E-state index contributed by atoms with van der Waals surface area (Å²) in [6, 6.07) is 13.2. The molecule has 0 aliphatic carbocycles. The lowest BCUT2D eigenvalue weighted by Crippen LogP contribution is -2.26. The van der Waals surface area contributed by atoms with Crippen molar-refractivity contribution < 1.29 is 9.59 Å². The smallest absolute Gasteiger partial charge is 0.220 e. The molecule has 1 N–H and O–H groups in total. The highest BCUT2D eigenvalue weighted by molar-refractivity contribution is 9.11. The molecule has 3 nitrogen and oxygen atoms in total. The number of thioether (sulfide) groups is 1. The third kappa shape index (κ3) is 6.89. The summed E-state index contributed by atoms with van der Waals surface area (Å²) >= 11 is 6.97. The number of nitrogens with one attached hydrogen (secondary N) is 1. The third-order valence-corrected chi connectivity index (χ3v) is 5.93. The van der Waals surface area contributed by atoms with Crippen LogP contribution in [0.4, 0.5) is 0 Å². The van der Waals surface area contributed by atoms with Crippen LogP contribution in [0.5, 0.6) is 0 Å². The SMILES string of the molecule is O=C(CCC(=O)c1ccccc1)NCCSCc1ccc(Br)s1. The molecule has 6 heteroatoms. The van der Waals surface area contributed by atoms with Gasteiger partial charge in [0.25, 0.3) is 0 Å². The molecule has 1 heterocycles. The number of ketones is 1. The first-order chi connectivity index (χ1) is 11.1. The fourth-order valence-electron chi connectivity index (χ4n) is 1.95. The van der Waals surface area contributed by atoms with Crippen molar-refractivity contribution in [3.8, 4) is 0 Å². The van der Waals surface area contributed by atoms with E-state index in [4.69, 9.17) is 0 Å². The largest absolute Gasteiger partial charge is 0.355 e. The summed E-state index contributed by atoms with van der Waals surface area (Å²) in [5.41, 5.74) is 0.665. The third-order valence-electron chi connectivity index (χ3n) is 3.12. The Morgan fingerprint density at radius 1 is 1.09 bits per heavy atom. The van der Waals surface area contributed by atoms with Crippen molar-refractivity contribution in [1.29, 1.82) is 0 Å². The zero-order valence-corrected chi connectivity index (χ0v) is 15.8. The Labute approximate surface area is 153 Å². The second-order valence-electron chi connectivity index (χ2n) is 4.90. The standard InChI is InChI=1S/C17H18BrNO2S2/c18-16-8-6-14(23-16)12-22-11-10-19-17(21)9-7-15(20)13-4-2-1-3-5-13/h1-6,8H,7,9-12H2,(H,19,21). The van der Waals surface area contributed by atoms with Gasteiger partial charge in [-0.05, 0) is 28.1 Å². The average Bonchev–Trinajstić information content (AvgIpc) is 2.98. The number of carbonyl (C=O) groups is 2. The van der Waals surface area contributed by atoms with E-state index in [1.807, 2.05) is 24.3 Å². The van der Waals surface area contributed by atoms with Gasteiger partial charge in [0.15, 0.2) is 5.78 Å². The van der Waals surface area contributed by atoms with Crippen molar-refractivity contribution in [1.82, 2.24) is 5.32 Å². The normalized spacial score (nSPS) is 10.5. The summed E-state index contributed by atoms with van der Waals surface area (Å²) in [6.45, 7) is 0.634. The van der Waals surface area contributed by atoms with Crippen molar-refractivity contribution in [3.63, 3.8) is 0 Å². The molecule has 0 saturated heterocycles. The first kappa shape index (κ1) is 18.2. The number of halogens is 1. The van der Waals surface area contributed by atoms with E-state index >= 15 is 0 Å². The van der Waals surface area contributed by atoms with E-state index in [-0.39, 0.29) is 24.5 Å². The quantitative estimate of drug-likeness (QED) is 0.487. The maximum Gasteiger partial charge on any atom is 0.220 e. The van der Waals surface area contributed by atoms with E-state index in [2.05, 4.69) is 27.3 Å². The van der Waals surface area contributed by atoms with Gasteiger partial charge in [0.1, 0.15) is 0 Å². The minimum Gasteiger partial charge on any atom is -0.355 e. The molecule has 23 heavy (non-hydrogen) atoms. The van der Waals surface area contributed by atoms with Crippen LogP contribution in [0.1, 0.15) is 28.1 Å². The number of amides is 1. The fraction of sp³-hybridized carbons (Fsp3) is 0.294. The van der Waals surface area contributed by atoms with E-state index in [9.17, 15) is 9.59 Å². The molecule has 1 amide bonds. The van der Waals surface area contributed by atoms with E-state index in [1.54, 1.807) is 35.2 Å². The van der Waals surface area contributed by atoms with E-state index in [1.165, 1.54) is 4.88 Å². The van der Waals surface area contributed by atoms with Gasteiger partial charge in [-0.15, -0.1) is 11.3 Å². The number of rotatable bonds is 9. The topological polar surface area (TPSA) is 46.2 Å². The van der Waals surface area contributed by atoms with Gasteiger partial charge in [0.05, 0.1) is 3.79 Å². The summed E-state index contributed by atoms with van der Waals surface area (Å²) < 4.78 is 1.14. The Kier molecular flexibility index (Phi) is 7.85. The van der Waals surface area contributed by atoms with Gasteiger partial charge in [-0.25, -0.2) is 0 Å². The molecule has 0 saturated carbocycles. The van der Waals surface area contributed by atoms with E-state index in [0.717, 1.165) is 15.3 Å². The number of Topliss-reactive ketones (excluding diaryl/α,β-unsaturated/α-hetero) is 1. The Bertz CT molecular complexity index is 643. The lowest BCUT2D eigenvalue weighted by atomic mass is 10.1. The van der Waals surface area contributed by atoms with Crippen LogP contribution in [-0.4, -0.2) is 24.0 Å². The minimum atomic E-state index is -0.0613. The Balaban J connectivity index is 1.56. The molecule has 0 aliphatic rings. The van der Waals surface area contributed by atoms with E-state index < -0.39 is 0 Å². The minimum absolute atomic E-state index is 0.0124. The van der Waals surface area contributed by atoms with Crippen LogP contribution in [0.15, 0.2) is 46.3 Å². The van der Waals surface area contributed by atoms with Crippen molar-refractivity contribution >= 4 is 50.7 Å². The second-order valence-corrected chi connectivity index (χ2v) is 8.55. The predicted octanol–water partition coefficient (Wildman–Crippen LogP) is 4.52. The highest BCUT2D eigenvalue weighted by atomic mass is 79.9. The summed E-state index contributed by atoms with van der Waals surface area (Å²) in [5, 5.41) is 2.86. The highest BCUT2D eigenvalue weighted by Gasteiger charge is 2.08. The van der Waals surface area contributed by atoms with Crippen LogP contribution in [0.2, 0.25) is 0 Å². The van der Waals surface area contributed by atoms with Crippen molar-refractivity contribution in [2.75, 3.05) is 12.3 Å². The Morgan fingerprint density at radius 2 is 1.87 bits per heavy atom. The van der Waals surface area contributed by atoms with Gasteiger partial charge < -0.3 is 5.32 Å². The van der Waals surface area contributed by atoms with Crippen molar-refractivity contribution in [3.05, 3.63) is 56.7 Å². The fourth-order valence-corrected chi connectivity index (χ4v) is 4.40. The number of benzene rings is 1. The van der Waals surface area contributed by atoms with Crippen molar-refractivity contribution in [2.24, 2.45) is 0 Å². The maximum atomic E-state index is 11.9. The van der Waals surface area contributed by atoms with Gasteiger partial charge in [-0.3, -0.25) is 9.59 Å². The number of hydrogen-bond acceptors (Lipinski definition) is 4. The summed E-state index contributed by atoms with van der Waals surface area (Å²) in [7, 11) is 0.